The van der Waals surface area contributed by atoms with E-state index in [4.69, 9.17) is 19.9 Å². The van der Waals surface area contributed by atoms with E-state index in [2.05, 4.69) is 45.0 Å². The van der Waals surface area contributed by atoms with Gasteiger partial charge in [-0.15, -0.1) is 24.3 Å². The number of hydrogen-bond acceptors (Lipinski definition) is 8. The monoisotopic (exact) mass is 1180 g/mol. The molecule has 6 heterocycles. The average Bonchev–Trinajstić information content (AvgIpc) is 3.91. The molecule has 0 saturated carbocycles. The smallest absolute Gasteiger partial charge is 0.349 e. The van der Waals surface area contributed by atoms with Gasteiger partial charge in [-0.05, 0) is 46.5 Å². The van der Waals surface area contributed by atoms with Crippen LogP contribution < -0.4 is 0 Å². The predicted octanol–water partition coefficient (Wildman–Crippen LogP) is 8.49. The van der Waals surface area contributed by atoms with Crippen LogP contribution in [0.4, 0.5) is 17.6 Å². The van der Waals surface area contributed by atoms with Gasteiger partial charge in [0.25, 0.3) is 0 Å². The Morgan fingerprint density at radius 2 is 0.852 bits per heavy atom. The summed E-state index contributed by atoms with van der Waals surface area (Å²) in [6.45, 7) is 11.9. The van der Waals surface area contributed by atoms with E-state index in [0.29, 0.717) is 34.7 Å². The Labute approximate surface area is 378 Å². The number of benzene rings is 2. The van der Waals surface area contributed by atoms with Crippen molar-refractivity contribution < 1.29 is 59.7 Å². The molecule has 312 valence electrons. The first kappa shape index (κ1) is 45.0. The first-order chi connectivity index (χ1) is 28.1. The molecule has 0 atom stereocenters. The van der Waals surface area contributed by atoms with Crippen molar-refractivity contribution in [3.8, 4) is 34.2 Å². The fourth-order valence-corrected chi connectivity index (χ4v) is 6.44. The standard InChI is InChI=1S/C45H34F4N10.2Pt/c1-43(2,3)41-50-25-58(56-41)39-17-9-15-37(54-39)45(35-13-7-11-33(52-35)29-21-19-27(46)23-31(29)48,36-14-8-12-34(53-36)30-22-20-28(47)24-32(30)49)38-16-10-18-40(55-38)59-26-51-42(57-59)44(4,5)6;;/h7-20,23-24H,1-6H3;;/q-4;2*+2. The van der Waals surface area contributed by atoms with Gasteiger partial charge in [-0.25, -0.2) is 10.2 Å². The van der Waals surface area contributed by atoms with Crippen LogP contribution in [-0.4, -0.2) is 49.5 Å². The fraction of sp³-hybridized carbons (Fsp3) is 0.200. The summed E-state index contributed by atoms with van der Waals surface area (Å²) >= 11 is 0. The minimum absolute atomic E-state index is 0. The van der Waals surface area contributed by atoms with Crippen LogP contribution in [0.2, 0.25) is 0 Å². The van der Waals surface area contributed by atoms with Crippen LogP contribution in [0.15, 0.2) is 97.1 Å². The van der Waals surface area contributed by atoms with Crippen LogP contribution in [0.25, 0.3) is 34.2 Å². The Kier molecular flexibility index (Phi) is 12.8. The third-order valence-electron chi connectivity index (χ3n) is 9.40. The van der Waals surface area contributed by atoms with Gasteiger partial charge in [0, 0.05) is 35.9 Å². The van der Waals surface area contributed by atoms with Crippen LogP contribution in [0.1, 0.15) is 76.0 Å². The average molecular weight is 1180 g/mol. The first-order valence-electron chi connectivity index (χ1n) is 18.5. The van der Waals surface area contributed by atoms with Gasteiger partial charge >= 0.3 is 42.1 Å². The summed E-state index contributed by atoms with van der Waals surface area (Å²) in [5.74, 6) is -1.65. The van der Waals surface area contributed by atoms with Gasteiger partial charge in [0.05, 0.1) is 46.1 Å². The zero-order valence-corrected chi connectivity index (χ0v) is 37.9. The molecule has 8 rings (SSSR count). The number of halogens is 4. The van der Waals surface area contributed by atoms with Crippen LogP contribution in [0.5, 0.6) is 0 Å². The van der Waals surface area contributed by atoms with Crippen molar-refractivity contribution in [1.82, 2.24) is 49.5 Å². The largest absolute Gasteiger partial charge is 2.00 e. The van der Waals surface area contributed by atoms with E-state index >= 15 is 8.78 Å². The second-order valence-electron chi connectivity index (χ2n) is 15.8. The summed E-state index contributed by atoms with van der Waals surface area (Å²) in [5.41, 5.74) is -1.35. The molecular formula is C45H34F4N10Pt2. The molecule has 0 bridgehead atoms. The number of hydrogen-bond donors (Lipinski definition) is 0. The Morgan fingerprint density at radius 3 is 1.20 bits per heavy atom. The molecule has 0 unspecified atom stereocenters. The van der Waals surface area contributed by atoms with E-state index < -0.39 is 39.5 Å². The molecule has 0 aliphatic heterocycles. The molecule has 0 radical (unpaired) electrons. The Bertz CT molecular complexity index is 2660. The van der Waals surface area contributed by atoms with Gasteiger partial charge in [-0.1, -0.05) is 113 Å². The van der Waals surface area contributed by atoms with E-state index in [0.717, 1.165) is 24.3 Å². The van der Waals surface area contributed by atoms with Crippen molar-refractivity contribution in [1.29, 1.82) is 0 Å². The maximum atomic E-state index is 15.4. The van der Waals surface area contributed by atoms with E-state index in [1.165, 1.54) is 9.36 Å². The van der Waals surface area contributed by atoms with Gasteiger partial charge < -0.3 is 19.3 Å². The maximum absolute atomic E-state index is 15.4. The zero-order chi connectivity index (χ0) is 41.7. The Hall–Kier alpha value is -5.58. The second kappa shape index (κ2) is 17.4. The van der Waals surface area contributed by atoms with E-state index in [-0.39, 0.29) is 76.0 Å². The van der Waals surface area contributed by atoms with Crippen molar-refractivity contribution in [2.75, 3.05) is 0 Å². The predicted molar refractivity (Wildman–Crippen MR) is 209 cm³/mol. The molecule has 0 spiro atoms. The molecule has 0 aliphatic rings. The van der Waals surface area contributed by atoms with Crippen LogP contribution in [-0.2, 0) is 58.4 Å². The minimum Gasteiger partial charge on any atom is -0.349 e. The molecule has 2 aromatic carbocycles. The summed E-state index contributed by atoms with van der Waals surface area (Å²) in [5, 5.41) is 9.35. The van der Waals surface area contributed by atoms with Crippen molar-refractivity contribution in [3.05, 3.63) is 180 Å². The van der Waals surface area contributed by atoms with E-state index in [1.54, 1.807) is 72.8 Å². The zero-order valence-electron chi connectivity index (χ0n) is 33.4. The SMILES string of the molecule is CC(C)(C)c1n[c-]n(-c2cccc(C(c3cccc(-c4[c-]cc(F)cc4F)n3)(c3cccc(-c4[c-]cc(F)cc4F)n3)c3cccc(-n4[c-]nc(C(C)(C)C)n4)n3)n2)n1.[Pt+2].[Pt+2]. The number of rotatable bonds is 8. The number of pyridine rings is 4. The molecule has 8 aromatic rings. The summed E-state index contributed by atoms with van der Waals surface area (Å²) in [6.07, 6.45) is 5.85. The molecule has 10 nitrogen and oxygen atoms in total. The van der Waals surface area contributed by atoms with Gasteiger partial charge in [0.1, 0.15) is 5.41 Å². The number of nitrogens with zero attached hydrogens (tertiary/aromatic N) is 10. The molecular weight excluding hydrogens is 1150 g/mol. The normalized spacial score (nSPS) is 11.8. The van der Waals surface area contributed by atoms with Crippen molar-refractivity contribution >= 4 is 0 Å². The van der Waals surface area contributed by atoms with Gasteiger partial charge in [0.15, 0.2) is 0 Å². The van der Waals surface area contributed by atoms with Crippen molar-refractivity contribution in [2.24, 2.45) is 0 Å². The minimum atomic E-state index is -1.70. The third kappa shape index (κ3) is 8.79. The fourth-order valence-electron chi connectivity index (χ4n) is 6.44. The maximum Gasteiger partial charge on any atom is 2.00 e. The van der Waals surface area contributed by atoms with Crippen LogP contribution in [0, 0.1) is 48.1 Å². The van der Waals surface area contributed by atoms with Gasteiger partial charge in [-0.2, -0.15) is 0 Å². The van der Waals surface area contributed by atoms with Crippen molar-refractivity contribution in [2.45, 2.75) is 57.8 Å². The topological polar surface area (TPSA) is 113 Å². The molecule has 0 aliphatic carbocycles. The summed E-state index contributed by atoms with van der Waals surface area (Å²) < 4.78 is 62.0. The molecule has 16 heteroatoms. The summed E-state index contributed by atoms with van der Waals surface area (Å²) in [4.78, 5) is 29.1. The van der Waals surface area contributed by atoms with Gasteiger partial charge in [-0.3, -0.25) is 37.5 Å². The van der Waals surface area contributed by atoms with Crippen molar-refractivity contribution in [3.63, 3.8) is 0 Å². The van der Waals surface area contributed by atoms with E-state index in [1.807, 2.05) is 41.5 Å². The quantitative estimate of drug-likeness (QED) is 0.110. The first-order valence-corrected chi connectivity index (χ1v) is 18.5. The number of aromatic nitrogens is 10. The molecule has 0 N–H and O–H groups in total. The van der Waals surface area contributed by atoms with Crippen LogP contribution in [0.3, 0.4) is 0 Å². The molecule has 61 heavy (non-hydrogen) atoms. The molecule has 0 fully saturated rings. The van der Waals surface area contributed by atoms with Gasteiger partial charge in [0.2, 0.25) is 0 Å². The third-order valence-corrected chi connectivity index (χ3v) is 9.40. The van der Waals surface area contributed by atoms with E-state index in [9.17, 15) is 8.78 Å². The Balaban J connectivity index is 0.00000311. The van der Waals surface area contributed by atoms with Crippen LogP contribution >= 0.6 is 0 Å². The summed E-state index contributed by atoms with van der Waals surface area (Å²) in [6, 6.07) is 29.2. The Morgan fingerprint density at radius 1 is 0.492 bits per heavy atom. The summed E-state index contributed by atoms with van der Waals surface area (Å²) in [7, 11) is 0. The molecule has 6 aromatic heterocycles. The molecule has 0 saturated heterocycles. The second-order valence-corrected chi connectivity index (χ2v) is 15.8. The molecule has 0 amide bonds.